The Kier molecular flexibility index (Phi) is 7.20. The topological polar surface area (TPSA) is 146 Å². The highest BCUT2D eigenvalue weighted by Crippen LogP contribution is 2.36. The largest absolute Gasteiger partial charge is 0.399 e. The van der Waals surface area contributed by atoms with E-state index in [2.05, 4.69) is 27.0 Å². The molecule has 0 aliphatic rings. The van der Waals surface area contributed by atoms with Gasteiger partial charge in [-0.05, 0) is 60.0 Å². The van der Waals surface area contributed by atoms with E-state index < -0.39 is 0 Å². The second-order valence-corrected chi connectivity index (χ2v) is 9.04. The summed E-state index contributed by atoms with van der Waals surface area (Å²) < 4.78 is 6.90. The lowest BCUT2D eigenvalue weighted by Gasteiger charge is -2.13. The molecule has 0 aliphatic heterocycles. The fourth-order valence-corrected chi connectivity index (χ4v) is 4.52. The third kappa shape index (κ3) is 5.20. The molecule has 0 fully saturated rings. The Bertz CT molecular complexity index is 1530. The molecule has 0 unspecified atom stereocenters. The van der Waals surface area contributed by atoms with E-state index in [1.165, 1.54) is 0 Å². The van der Waals surface area contributed by atoms with Crippen molar-refractivity contribution < 1.29 is 4.63 Å². The normalized spacial score (nSPS) is 11.3. The molecule has 0 saturated heterocycles. The molecule has 5 rings (SSSR count). The Morgan fingerprint density at radius 2 is 1.89 bits per heavy atom. The summed E-state index contributed by atoms with van der Waals surface area (Å²) in [7, 11) is 0. The number of fused-ring (bicyclic) bond motifs is 1. The van der Waals surface area contributed by atoms with E-state index in [4.69, 9.17) is 37.7 Å². The van der Waals surface area contributed by atoms with E-state index in [-0.39, 0.29) is 5.82 Å². The van der Waals surface area contributed by atoms with E-state index in [9.17, 15) is 0 Å². The van der Waals surface area contributed by atoms with Crippen LogP contribution < -0.4 is 22.1 Å². The van der Waals surface area contributed by atoms with Crippen LogP contribution in [-0.2, 0) is 13.1 Å². The molecule has 5 aromatic rings. The number of aromatic nitrogens is 5. The Balaban J connectivity index is 1.41. The predicted octanol–water partition coefficient (Wildman–Crippen LogP) is 4.58. The molecule has 190 valence electrons. The van der Waals surface area contributed by atoms with Crippen LogP contribution in [0, 0.1) is 0 Å². The molecule has 0 aliphatic carbocycles. The van der Waals surface area contributed by atoms with Crippen LogP contribution in [0.15, 0.2) is 59.4 Å². The third-order valence-corrected chi connectivity index (χ3v) is 6.27. The van der Waals surface area contributed by atoms with Crippen molar-refractivity contribution in [1.82, 2.24) is 30.2 Å². The van der Waals surface area contributed by atoms with Gasteiger partial charge in [-0.3, -0.25) is 4.98 Å². The highest BCUT2D eigenvalue weighted by atomic mass is 35.5. The highest BCUT2D eigenvalue weighted by molar-refractivity contribution is 6.30. The number of pyridine rings is 1. The number of nitrogens with zero attached hydrogens (tertiary/aromatic N) is 5. The van der Waals surface area contributed by atoms with Crippen molar-refractivity contribution in [3.05, 3.63) is 65.3 Å². The first-order chi connectivity index (χ1) is 18.0. The van der Waals surface area contributed by atoms with Gasteiger partial charge in [-0.25, -0.2) is 9.61 Å². The monoisotopic (exact) mass is 517 g/mol. The van der Waals surface area contributed by atoms with Gasteiger partial charge >= 0.3 is 0 Å². The molecule has 6 N–H and O–H groups in total. The molecule has 10 nitrogen and oxygen atoms in total. The van der Waals surface area contributed by atoms with E-state index in [1.54, 1.807) is 0 Å². The average molecular weight is 518 g/mol. The molecule has 3 heterocycles. The quantitative estimate of drug-likeness (QED) is 0.154. The van der Waals surface area contributed by atoms with Crippen LogP contribution in [0.4, 0.5) is 17.2 Å². The molecule has 0 amide bonds. The summed E-state index contributed by atoms with van der Waals surface area (Å²) in [6.07, 6.45) is 2.74. The zero-order chi connectivity index (χ0) is 25.8. The standard InChI is InChI=1S/C26H28ClN9O/c1-2-36-24-20(31-11-5-10-30-14-16-6-3-9-19(28)12-16)15-32-21(17-7-4-8-18(27)13-17)22(24)33-26(36)23-25(29)35-37-34-23/h3-4,6-9,12-13,15,30-31H,2,5,10-11,14,28H2,1H3,(H2,29,35). The van der Waals surface area contributed by atoms with Gasteiger partial charge in [0.15, 0.2) is 17.3 Å². The molecule has 37 heavy (non-hydrogen) atoms. The molecule has 3 aromatic heterocycles. The molecule has 11 heteroatoms. The summed E-state index contributed by atoms with van der Waals surface area (Å²) in [5, 5.41) is 15.3. The fraction of sp³-hybridized carbons (Fsp3) is 0.231. The van der Waals surface area contributed by atoms with Crippen molar-refractivity contribution in [1.29, 1.82) is 0 Å². The summed E-state index contributed by atoms with van der Waals surface area (Å²) in [6, 6.07) is 15.5. The molecular formula is C26H28ClN9O. The van der Waals surface area contributed by atoms with Crippen molar-refractivity contribution in [2.75, 3.05) is 29.9 Å². The van der Waals surface area contributed by atoms with Gasteiger partial charge in [0.1, 0.15) is 5.52 Å². The number of hydrogen-bond donors (Lipinski definition) is 4. The molecule has 0 radical (unpaired) electrons. The van der Waals surface area contributed by atoms with Gasteiger partial charge in [0.25, 0.3) is 0 Å². The molecule has 0 saturated carbocycles. The number of nitrogens with two attached hydrogens (primary N) is 2. The van der Waals surface area contributed by atoms with Gasteiger partial charge in [-0.15, -0.1) is 0 Å². The second kappa shape index (κ2) is 10.9. The summed E-state index contributed by atoms with van der Waals surface area (Å²) >= 11 is 6.27. The number of halogens is 1. The number of aryl methyl sites for hydroxylation is 1. The third-order valence-electron chi connectivity index (χ3n) is 6.04. The maximum atomic E-state index is 6.27. The number of imidazole rings is 1. The molecular weight excluding hydrogens is 490 g/mol. The first-order valence-corrected chi connectivity index (χ1v) is 12.5. The minimum absolute atomic E-state index is 0.183. The van der Waals surface area contributed by atoms with E-state index >= 15 is 0 Å². The molecule has 0 spiro atoms. The Morgan fingerprint density at radius 1 is 1.03 bits per heavy atom. The van der Waals surface area contributed by atoms with Crippen molar-refractivity contribution in [3.8, 4) is 22.8 Å². The number of nitrogen functional groups attached to an aromatic ring is 2. The summed E-state index contributed by atoms with van der Waals surface area (Å²) in [4.78, 5) is 9.66. The molecule has 0 atom stereocenters. The van der Waals surface area contributed by atoms with E-state index in [0.717, 1.165) is 59.8 Å². The van der Waals surface area contributed by atoms with Crippen molar-refractivity contribution in [2.45, 2.75) is 26.4 Å². The first kappa shape index (κ1) is 24.5. The van der Waals surface area contributed by atoms with Crippen molar-refractivity contribution >= 4 is 39.8 Å². The minimum Gasteiger partial charge on any atom is -0.399 e. The Morgan fingerprint density at radius 3 is 2.65 bits per heavy atom. The van der Waals surface area contributed by atoms with Gasteiger partial charge in [0.2, 0.25) is 0 Å². The van der Waals surface area contributed by atoms with Crippen molar-refractivity contribution in [3.63, 3.8) is 0 Å². The van der Waals surface area contributed by atoms with Crippen LogP contribution in [0.5, 0.6) is 0 Å². The predicted molar refractivity (Wildman–Crippen MR) is 147 cm³/mol. The van der Waals surface area contributed by atoms with Crippen LogP contribution in [0.1, 0.15) is 18.9 Å². The lowest BCUT2D eigenvalue weighted by Crippen LogP contribution is -2.18. The minimum atomic E-state index is 0.183. The maximum Gasteiger partial charge on any atom is 0.199 e. The lowest BCUT2D eigenvalue weighted by molar-refractivity contribution is 0.310. The molecule has 0 bridgehead atoms. The van der Waals surface area contributed by atoms with Gasteiger partial charge < -0.3 is 26.7 Å². The smallest absolute Gasteiger partial charge is 0.199 e. The number of nitrogens with one attached hydrogen (secondary N) is 2. The van der Waals surface area contributed by atoms with Gasteiger partial charge in [0.05, 0.1) is 23.1 Å². The molecule has 2 aromatic carbocycles. The van der Waals surface area contributed by atoms with Crippen LogP contribution in [0.3, 0.4) is 0 Å². The number of hydrogen-bond acceptors (Lipinski definition) is 9. The van der Waals surface area contributed by atoms with Crippen LogP contribution in [0.2, 0.25) is 5.02 Å². The van der Waals surface area contributed by atoms with E-state index in [0.29, 0.717) is 28.6 Å². The summed E-state index contributed by atoms with van der Waals surface area (Å²) in [6.45, 7) is 5.03. The van der Waals surface area contributed by atoms with Crippen molar-refractivity contribution in [2.24, 2.45) is 0 Å². The summed E-state index contributed by atoms with van der Waals surface area (Å²) in [5.41, 5.74) is 18.3. The Hall–Kier alpha value is -4.15. The second-order valence-electron chi connectivity index (χ2n) is 8.61. The first-order valence-electron chi connectivity index (χ1n) is 12.1. The number of rotatable bonds is 10. The summed E-state index contributed by atoms with van der Waals surface area (Å²) in [5.74, 6) is 0.752. The van der Waals surface area contributed by atoms with Gasteiger partial charge in [-0.1, -0.05) is 35.9 Å². The van der Waals surface area contributed by atoms with Gasteiger partial charge in [0, 0.05) is 35.9 Å². The zero-order valence-corrected chi connectivity index (χ0v) is 21.2. The van der Waals surface area contributed by atoms with Crippen LogP contribution in [0.25, 0.3) is 33.8 Å². The van der Waals surface area contributed by atoms with Gasteiger partial charge in [-0.2, -0.15) is 0 Å². The number of benzene rings is 2. The fourth-order valence-electron chi connectivity index (χ4n) is 4.33. The lowest BCUT2D eigenvalue weighted by atomic mass is 10.1. The van der Waals surface area contributed by atoms with Crippen LogP contribution >= 0.6 is 11.6 Å². The zero-order valence-electron chi connectivity index (χ0n) is 20.4. The average Bonchev–Trinajstić information content (AvgIpc) is 3.49. The Labute approximate surface area is 219 Å². The number of anilines is 3. The highest BCUT2D eigenvalue weighted by Gasteiger charge is 2.23. The van der Waals surface area contributed by atoms with Crippen LogP contribution in [-0.4, -0.2) is 37.9 Å². The van der Waals surface area contributed by atoms with E-state index in [1.807, 2.05) is 60.2 Å². The SMILES string of the molecule is CCn1c(-c2nonc2N)nc2c(-c3cccc(Cl)c3)ncc(NCCCNCc3cccc(N)c3)c21. The maximum absolute atomic E-state index is 6.27.